The molecule has 0 aliphatic heterocycles. The second-order valence-corrected chi connectivity index (χ2v) is 5.94. The average molecular weight is 250 g/mol. The molecular formula is C14H26N4. The van der Waals surface area contributed by atoms with E-state index in [-0.39, 0.29) is 0 Å². The van der Waals surface area contributed by atoms with Gasteiger partial charge in [-0.25, -0.2) is 4.68 Å². The summed E-state index contributed by atoms with van der Waals surface area (Å²) in [5.41, 5.74) is 1.06. The molecule has 4 nitrogen and oxygen atoms in total. The van der Waals surface area contributed by atoms with Gasteiger partial charge in [-0.1, -0.05) is 26.0 Å². The molecule has 2 rings (SSSR count). The quantitative estimate of drug-likeness (QED) is 0.817. The Kier molecular flexibility index (Phi) is 4.75. The van der Waals surface area contributed by atoms with Crippen LogP contribution in [-0.2, 0) is 6.54 Å². The number of aromatic nitrogens is 3. The summed E-state index contributed by atoms with van der Waals surface area (Å²) in [6, 6.07) is 0.552. The fraction of sp³-hybridized carbons (Fsp3) is 0.857. The Morgan fingerprint density at radius 3 is 2.67 bits per heavy atom. The van der Waals surface area contributed by atoms with Crippen molar-refractivity contribution in [3.05, 3.63) is 11.9 Å². The van der Waals surface area contributed by atoms with E-state index in [0.29, 0.717) is 6.04 Å². The lowest BCUT2D eigenvalue weighted by atomic mass is 9.80. The number of nitrogens with zero attached hydrogens (tertiary/aromatic N) is 3. The third-order valence-corrected chi connectivity index (χ3v) is 3.82. The topological polar surface area (TPSA) is 42.7 Å². The van der Waals surface area contributed by atoms with E-state index in [1.807, 2.05) is 0 Å². The van der Waals surface area contributed by atoms with Crippen LogP contribution in [0.25, 0.3) is 0 Å². The summed E-state index contributed by atoms with van der Waals surface area (Å²) in [4.78, 5) is 0. The maximum Gasteiger partial charge on any atom is 0.0964 e. The molecule has 2 atom stereocenters. The molecule has 1 fully saturated rings. The molecule has 0 radical (unpaired) electrons. The van der Waals surface area contributed by atoms with Crippen LogP contribution in [0.4, 0.5) is 0 Å². The first kappa shape index (κ1) is 13.5. The highest BCUT2D eigenvalue weighted by atomic mass is 15.4. The Bertz CT molecular complexity index is 350. The first-order valence-corrected chi connectivity index (χ1v) is 7.30. The first-order valence-electron chi connectivity index (χ1n) is 7.30. The molecule has 1 aliphatic rings. The van der Waals surface area contributed by atoms with Crippen molar-refractivity contribution in [3.8, 4) is 0 Å². The normalized spacial score (nSPS) is 28.5. The molecular weight excluding hydrogens is 224 g/mol. The van der Waals surface area contributed by atoms with Crippen LogP contribution in [0.15, 0.2) is 6.20 Å². The lowest BCUT2D eigenvalue weighted by molar-refractivity contribution is 0.208. The monoisotopic (exact) mass is 250 g/mol. The summed E-state index contributed by atoms with van der Waals surface area (Å²) in [6.07, 6.45) is 7.13. The Morgan fingerprint density at radius 1 is 1.28 bits per heavy atom. The van der Waals surface area contributed by atoms with Crippen molar-refractivity contribution in [1.82, 2.24) is 20.3 Å². The van der Waals surface area contributed by atoms with E-state index < -0.39 is 0 Å². The highest BCUT2D eigenvalue weighted by molar-refractivity contribution is 4.94. The molecule has 1 aromatic rings. The highest BCUT2D eigenvalue weighted by Crippen LogP contribution is 2.35. The number of hydrogen-bond donors (Lipinski definition) is 1. The van der Waals surface area contributed by atoms with E-state index in [2.05, 4.69) is 47.3 Å². The van der Waals surface area contributed by atoms with Crippen LogP contribution in [0.1, 0.15) is 58.2 Å². The Morgan fingerprint density at radius 2 is 2.00 bits per heavy atom. The molecule has 1 aromatic heterocycles. The van der Waals surface area contributed by atoms with Crippen molar-refractivity contribution in [3.63, 3.8) is 0 Å². The molecule has 0 saturated heterocycles. The zero-order valence-corrected chi connectivity index (χ0v) is 11.9. The molecule has 1 saturated carbocycles. The Labute approximate surface area is 110 Å². The predicted octanol–water partition coefficient (Wildman–Crippen LogP) is 2.77. The van der Waals surface area contributed by atoms with Gasteiger partial charge in [0.05, 0.1) is 17.9 Å². The summed E-state index contributed by atoms with van der Waals surface area (Å²) in [7, 11) is 0. The van der Waals surface area contributed by atoms with E-state index in [1.165, 1.54) is 19.3 Å². The van der Waals surface area contributed by atoms with Gasteiger partial charge in [-0.05, 0) is 44.1 Å². The van der Waals surface area contributed by atoms with E-state index in [4.69, 9.17) is 0 Å². The smallest absolute Gasteiger partial charge is 0.0964 e. The van der Waals surface area contributed by atoms with E-state index in [0.717, 1.165) is 37.0 Å². The van der Waals surface area contributed by atoms with Gasteiger partial charge in [0.25, 0.3) is 0 Å². The molecule has 1 heterocycles. The fourth-order valence-corrected chi connectivity index (χ4v) is 3.09. The number of rotatable bonds is 5. The van der Waals surface area contributed by atoms with Crippen LogP contribution in [0, 0.1) is 11.8 Å². The standard InChI is InChI=1S/C14H26N4/c1-4-5-15-9-13-10-18(17-16-13)14-7-11(2)6-12(3)8-14/h10-12,14-15H,4-9H2,1-3H3. The van der Waals surface area contributed by atoms with E-state index >= 15 is 0 Å². The van der Waals surface area contributed by atoms with Gasteiger partial charge < -0.3 is 5.32 Å². The summed E-state index contributed by atoms with van der Waals surface area (Å²) in [5, 5.41) is 11.9. The Balaban J connectivity index is 1.92. The van der Waals surface area contributed by atoms with Gasteiger partial charge in [0, 0.05) is 6.54 Å². The van der Waals surface area contributed by atoms with Crippen LogP contribution in [-0.4, -0.2) is 21.5 Å². The molecule has 0 aromatic carbocycles. The van der Waals surface area contributed by atoms with Crippen LogP contribution in [0.5, 0.6) is 0 Å². The molecule has 4 heteroatoms. The van der Waals surface area contributed by atoms with E-state index in [1.54, 1.807) is 0 Å². The van der Waals surface area contributed by atoms with Gasteiger partial charge in [0.2, 0.25) is 0 Å². The zero-order chi connectivity index (χ0) is 13.0. The van der Waals surface area contributed by atoms with E-state index in [9.17, 15) is 0 Å². The third kappa shape index (κ3) is 3.55. The van der Waals surface area contributed by atoms with Crippen molar-refractivity contribution < 1.29 is 0 Å². The molecule has 2 unspecified atom stereocenters. The van der Waals surface area contributed by atoms with Gasteiger partial charge in [-0.3, -0.25) is 0 Å². The molecule has 18 heavy (non-hydrogen) atoms. The summed E-state index contributed by atoms with van der Waals surface area (Å²) >= 11 is 0. The largest absolute Gasteiger partial charge is 0.311 e. The van der Waals surface area contributed by atoms with Crippen molar-refractivity contribution in [2.45, 2.75) is 59.0 Å². The molecule has 102 valence electrons. The van der Waals surface area contributed by atoms with Gasteiger partial charge >= 0.3 is 0 Å². The molecule has 1 N–H and O–H groups in total. The zero-order valence-electron chi connectivity index (χ0n) is 11.9. The van der Waals surface area contributed by atoms with Crippen LogP contribution in [0.2, 0.25) is 0 Å². The molecule has 0 bridgehead atoms. The summed E-state index contributed by atoms with van der Waals surface area (Å²) in [6.45, 7) is 8.76. The van der Waals surface area contributed by atoms with Gasteiger partial charge in [0.15, 0.2) is 0 Å². The minimum Gasteiger partial charge on any atom is -0.311 e. The van der Waals surface area contributed by atoms with Gasteiger partial charge in [0.1, 0.15) is 0 Å². The van der Waals surface area contributed by atoms with Crippen molar-refractivity contribution in [2.75, 3.05) is 6.54 Å². The average Bonchev–Trinajstić information content (AvgIpc) is 2.77. The first-order chi connectivity index (χ1) is 8.69. The number of nitrogens with one attached hydrogen (secondary N) is 1. The van der Waals surface area contributed by atoms with Crippen LogP contribution in [0.3, 0.4) is 0 Å². The second-order valence-electron chi connectivity index (χ2n) is 5.94. The maximum absolute atomic E-state index is 4.31. The minimum atomic E-state index is 0.552. The van der Waals surface area contributed by atoms with Crippen molar-refractivity contribution in [1.29, 1.82) is 0 Å². The van der Waals surface area contributed by atoms with Gasteiger partial charge in [-0.2, -0.15) is 0 Å². The second kappa shape index (κ2) is 6.32. The fourth-order valence-electron chi connectivity index (χ4n) is 3.09. The summed E-state index contributed by atoms with van der Waals surface area (Å²) < 4.78 is 2.09. The van der Waals surface area contributed by atoms with Crippen molar-refractivity contribution in [2.24, 2.45) is 11.8 Å². The summed E-state index contributed by atoms with van der Waals surface area (Å²) in [5.74, 6) is 1.62. The number of hydrogen-bond acceptors (Lipinski definition) is 3. The SMILES string of the molecule is CCCNCc1cn(C2CC(C)CC(C)C2)nn1. The van der Waals surface area contributed by atoms with Crippen LogP contribution >= 0.6 is 0 Å². The lowest BCUT2D eigenvalue weighted by Gasteiger charge is -2.31. The maximum atomic E-state index is 4.31. The molecule has 1 aliphatic carbocycles. The van der Waals surface area contributed by atoms with Crippen molar-refractivity contribution >= 4 is 0 Å². The molecule has 0 spiro atoms. The van der Waals surface area contributed by atoms with Gasteiger partial charge in [-0.15, -0.1) is 5.10 Å². The highest BCUT2D eigenvalue weighted by Gasteiger charge is 2.25. The van der Waals surface area contributed by atoms with Crippen LogP contribution < -0.4 is 5.32 Å². The lowest BCUT2D eigenvalue weighted by Crippen LogP contribution is -2.23. The molecule has 0 amide bonds. The third-order valence-electron chi connectivity index (χ3n) is 3.82. The Hall–Kier alpha value is -0.900. The minimum absolute atomic E-state index is 0.552. The predicted molar refractivity (Wildman–Crippen MR) is 73.2 cm³/mol.